The van der Waals surface area contributed by atoms with Crippen LogP contribution in [0.5, 0.6) is 5.75 Å². The molecule has 0 aliphatic carbocycles. The first-order valence-corrected chi connectivity index (χ1v) is 10.7. The standard InChI is InChI=1S/C22H21FN6O2S/c1-28-12-11-24-21(28)20(15-3-5-16(23)6-4-15)26-19(30)13-32-22-27-25-14-29(22)17-7-9-18(31-2)10-8-17/h3-12,14,20H,13H2,1-2H3,(H,26,30)/t20-/m1/s1. The summed E-state index contributed by atoms with van der Waals surface area (Å²) in [5.41, 5.74) is 1.59. The number of aromatic nitrogens is 5. The molecule has 1 amide bonds. The number of thioether (sulfide) groups is 1. The van der Waals surface area contributed by atoms with E-state index < -0.39 is 6.04 Å². The number of imidazole rings is 1. The second kappa shape index (κ2) is 9.65. The first kappa shape index (κ1) is 21.6. The van der Waals surface area contributed by atoms with Gasteiger partial charge in [-0.3, -0.25) is 9.36 Å². The molecule has 0 fully saturated rings. The minimum atomic E-state index is -0.511. The van der Waals surface area contributed by atoms with Crippen molar-refractivity contribution in [3.8, 4) is 11.4 Å². The number of hydrogen-bond acceptors (Lipinski definition) is 6. The lowest BCUT2D eigenvalue weighted by Crippen LogP contribution is -2.32. The molecular formula is C22H21FN6O2S. The Bertz CT molecular complexity index is 1190. The number of hydrogen-bond donors (Lipinski definition) is 1. The Morgan fingerprint density at radius 2 is 1.94 bits per heavy atom. The molecule has 0 radical (unpaired) electrons. The Morgan fingerprint density at radius 1 is 1.19 bits per heavy atom. The van der Waals surface area contributed by atoms with Crippen LogP contribution in [0.15, 0.2) is 72.4 Å². The van der Waals surface area contributed by atoms with Crippen molar-refractivity contribution in [2.75, 3.05) is 12.9 Å². The Balaban J connectivity index is 1.47. The highest BCUT2D eigenvalue weighted by Gasteiger charge is 2.21. The zero-order valence-corrected chi connectivity index (χ0v) is 18.3. The zero-order valence-electron chi connectivity index (χ0n) is 17.5. The maximum atomic E-state index is 13.4. The molecule has 10 heteroatoms. The molecular weight excluding hydrogens is 431 g/mol. The SMILES string of the molecule is COc1ccc(-n2cnnc2SCC(=O)N[C@H](c2ccc(F)cc2)c2nccn2C)cc1. The highest BCUT2D eigenvalue weighted by atomic mass is 32.2. The predicted octanol–water partition coefficient (Wildman–Crippen LogP) is 3.15. The van der Waals surface area contributed by atoms with E-state index in [9.17, 15) is 9.18 Å². The Hall–Kier alpha value is -3.66. The van der Waals surface area contributed by atoms with Gasteiger partial charge in [0.15, 0.2) is 5.16 Å². The monoisotopic (exact) mass is 452 g/mol. The zero-order chi connectivity index (χ0) is 22.5. The van der Waals surface area contributed by atoms with Crippen molar-refractivity contribution in [3.63, 3.8) is 0 Å². The number of carbonyl (C=O) groups is 1. The maximum Gasteiger partial charge on any atom is 0.231 e. The molecule has 32 heavy (non-hydrogen) atoms. The van der Waals surface area contributed by atoms with E-state index in [4.69, 9.17) is 4.74 Å². The molecule has 164 valence electrons. The fourth-order valence-corrected chi connectivity index (χ4v) is 3.92. The van der Waals surface area contributed by atoms with Crippen LogP contribution in [-0.4, -0.2) is 43.1 Å². The first-order valence-electron chi connectivity index (χ1n) is 9.74. The largest absolute Gasteiger partial charge is 0.497 e. The lowest BCUT2D eigenvalue weighted by molar-refractivity contribution is -0.119. The summed E-state index contributed by atoms with van der Waals surface area (Å²) in [6.07, 6.45) is 5.05. The number of carbonyl (C=O) groups excluding carboxylic acids is 1. The normalized spacial score (nSPS) is 11.8. The van der Waals surface area contributed by atoms with Crippen molar-refractivity contribution < 1.29 is 13.9 Å². The van der Waals surface area contributed by atoms with Gasteiger partial charge in [-0.1, -0.05) is 23.9 Å². The Labute approximate surface area is 188 Å². The van der Waals surface area contributed by atoms with Gasteiger partial charge in [-0.05, 0) is 42.0 Å². The lowest BCUT2D eigenvalue weighted by Gasteiger charge is -2.19. The topological polar surface area (TPSA) is 86.9 Å². The minimum Gasteiger partial charge on any atom is -0.497 e. The van der Waals surface area contributed by atoms with Crippen LogP contribution in [0.3, 0.4) is 0 Å². The van der Waals surface area contributed by atoms with Crippen LogP contribution in [0.25, 0.3) is 5.69 Å². The smallest absolute Gasteiger partial charge is 0.231 e. The average molecular weight is 453 g/mol. The van der Waals surface area contributed by atoms with E-state index in [1.165, 1.54) is 23.9 Å². The number of amides is 1. The molecule has 1 atom stereocenters. The number of nitrogens with one attached hydrogen (secondary N) is 1. The van der Waals surface area contributed by atoms with E-state index in [-0.39, 0.29) is 17.5 Å². The van der Waals surface area contributed by atoms with Gasteiger partial charge < -0.3 is 14.6 Å². The van der Waals surface area contributed by atoms with Crippen LogP contribution in [0.2, 0.25) is 0 Å². The molecule has 0 aliphatic heterocycles. The van der Waals surface area contributed by atoms with Crippen LogP contribution >= 0.6 is 11.8 Å². The molecule has 0 saturated heterocycles. The average Bonchev–Trinajstić information content (AvgIpc) is 3.46. The maximum absolute atomic E-state index is 13.4. The summed E-state index contributed by atoms with van der Waals surface area (Å²) in [7, 11) is 3.45. The summed E-state index contributed by atoms with van der Waals surface area (Å²) >= 11 is 1.27. The summed E-state index contributed by atoms with van der Waals surface area (Å²) in [4.78, 5) is 17.2. The third kappa shape index (κ3) is 4.80. The molecule has 0 aliphatic rings. The molecule has 4 aromatic rings. The number of ether oxygens (including phenoxy) is 1. The van der Waals surface area contributed by atoms with Crippen molar-refractivity contribution in [3.05, 3.63) is 84.5 Å². The van der Waals surface area contributed by atoms with E-state index in [0.717, 1.165) is 17.0 Å². The Morgan fingerprint density at radius 3 is 2.59 bits per heavy atom. The number of benzene rings is 2. The molecule has 0 bridgehead atoms. The highest BCUT2D eigenvalue weighted by Crippen LogP contribution is 2.23. The molecule has 0 spiro atoms. The molecule has 0 saturated carbocycles. The highest BCUT2D eigenvalue weighted by molar-refractivity contribution is 7.99. The summed E-state index contributed by atoms with van der Waals surface area (Å²) < 4.78 is 22.2. The number of methoxy groups -OCH3 is 1. The van der Waals surface area contributed by atoms with Gasteiger partial charge >= 0.3 is 0 Å². The molecule has 8 nitrogen and oxygen atoms in total. The van der Waals surface area contributed by atoms with Gasteiger partial charge in [-0.25, -0.2) is 9.37 Å². The van der Waals surface area contributed by atoms with Crippen molar-refractivity contribution >= 4 is 17.7 Å². The summed E-state index contributed by atoms with van der Waals surface area (Å²) in [5, 5.41) is 11.7. The van der Waals surface area contributed by atoms with Gasteiger partial charge in [0.1, 0.15) is 29.8 Å². The summed E-state index contributed by atoms with van der Waals surface area (Å²) in [6, 6.07) is 13.0. The van der Waals surface area contributed by atoms with Gasteiger partial charge in [0, 0.05) is 25.1 Å². The van der Waals surface area contributed by atoms with Crippen molar-refractivity contribution in [1.29, 1.82) is 0 Å². The first-order chi connectivity index (χ1) is 15.5. The molecule has 0 unspecified atom stereocenters. The van der Waals surface area contributed by atoms with Crippen LogP contribution in [-0.2, 0) is 11.8 Å². The van der Waals surface area contributed by atoms with E-state index in [2.05, 4.69) is 20.5 Å². The van der Waals surface area contributed by atoms with Crippen LogP contribution < -0.4 is 10.1 Å². The molecule has 2 heterocycles. The van der Waals surface area contributed by atoms with Gasteiger partial charge in [-0.2, -0.15) is 0 Å². The van der Waals surface area contributed by atoms with Gasteiger partial charge in [0.25, 0.3) is 0 Å². The summed E-state index contributed by atoms with van der Waals surface area (Å²) in [6.45, 7) is 0. The van der Waals surface area contributed by atoms with Crippen LogP contribution in [0.4, 0.5) is 4.39 Å². The van der Waals surface area contributed by atoms with Gasteiger partial charge in [-0.15, -0.1) is 10.2 Å². The minimum absolute atomic E-state index is 0.122. The van der Waals surface area contributed by atoms with Gasteiger partial charge in [0.2, 0.25) is 5.91 Å². The van der Waals surface area contributed by atoms with E-state index >= 15 is 0 Å². The van der Waals surface area contributed by atoms with E-state index in [1.807, 2.05) is 35.9 Å². The van der Waals surface area contributed by atoms with E-state index in [1.54, 1.807) is 42.5 Å². The quantitative estimate of drug-likeness (QED) is 0.414. The number of halogens is 1. The lowest BCUT2D eigenvalue weighted by atomic mass is 10.1. The molecule has 2 aromatic carbocycles. The van der Waals surface area contributed by atoms with Crippen molar-refractivity contribution in [2.45, 2.75) is 11.2 Å². The fraction of sp³-hybridized carbons (Fsp3) is 0.182. The Kier molecular flexibility index (Phi) is 6.50. The summed E-state index contributed by atoms with van der Waals surface area (Å²) in [5.74, 6) is 0.966. The number of rotatable bonds is 8. The molecule has 4 rings (SSSR count). The van der Waals surface area contributed by atoms with Crippen molar-refractivity contribution in [2.24, 2.45) is 7.05 Å². The van der Waals surface area contributed by atoms with Crippen LogP contribution in [0, 0.1) is 5.82 Å². The van der Waals surface area contributed by atoms with Crippen molar-refractivity contribution in [1.82, 2.24) is 29.6 Å². The van der Waals surface area contributed by atoms with Crippen LogP contribution in [0.1, 0.15) is 17.4 Å². The second-order valence-corrected chi connectivity index (χ2v) is 7.86. The third-order valence-corrected chi connectivity index (χ3v) is 5.77. The molecule has 1 N–H and O–H groups in total. The van der Waals surface area contributed by atoms with Gasteiger partial charge in [0.05, 0.1) is 12.9 Å². The predicted molar refractivity (Wildman–Crippen MR) is 118 cm³/mol. The fourth-order valence-electron chi connectivity index (χ4n) is 3.18. The second-order valence-electron chi connectivity index (χ2n) is 6.92. The number of aryl methyl sites for hydroxylation is 1. The molecule has 2 aromatic heterocycles. The third-order valence-electron chi connectivity index (χ3n) is 4.82. The number of nitrogens with zero attached hydrogens (tertiary/aromatic N) is 5. The van der Waals surface area contributed by atoms with E-state index in [0.29, 0.717) is 11.0 Å².